The highest BCUT2D eigenvalue weighted by Crippen LogP contribution is 2.26. The lowest BCUT2D eigenvalue weighted by atomic mass is 10.1. The Labute approximate surface area is 105 Å². The quantitative estimate of drug-likeness (QED) is 0.638. The summed E-state index contributed by atoms with van der Waals surface area (Å²) in [6, 6.07) is 2.87. The predicted molar refractivity (Wildman–Crippen MR) is 59.2 cm³/mol. The Bertz CT molecular complexity index is 502. The molecule has 0 unspecified atom stereocenters. The second-order valence-electron chi connectivity index (χ2n) is 3.59. The molecule has 104 valence electrons. The maximum atomic E-state index is 12.0. The van der Waals surface area contributed by atoms with Crippen molar-refractivity contribution in [1.29, 1.82) is 0 Å². The van der Waals surface area contributed by atoms with Gasteiger partial charge in [0, 0.05) is 12.6 Å². The van der Waals surface area contributed by atoms with E-state index in [4.69, 9.17) is 5.11 Å². The van der Waals surface area contributed by atoms with Crippen molar-refractivity contribution in [2.45, 2.75) is 12.6 Å². The molecule has 0 radical (unpaired) electrons. The Kier molecular flexibility index (Phi) is 4.30. The van der Waals surface area contributed by atoms with Crippen molar-refractivity contribution in [3.05, 3.63) is 33.9 Å². The number of aromatic carboxylic acids is 1. The number of carbonyl (C=O) groups is 1. The van der Waals surface area contributed by atoms with E-state index in [9.17, 15) is 28.1 Å². The Hall–Kier alpha value is -2.32. The van der Waals surface area contributed by atoms with E-state index < -0.39 is 35.7 Å². The first-order valence-corrected chi connectivity index (χ1v) is 5.03. The monoisotopic (exact) mass is 278 g/mol. The summed E-state index contributed by atoms with van der Waals surface area (Å²) in [6.45, 7) is -0.576. The number of nitro groups is 1. The van der Waals surface area contributed by atoms with E-state index in [1.165, 1.54) is 0 Å². The van der Waals surface area contributed by atoms with Crippen molar-refractivity contribution < 1.29 is 28.0 Å². The fourth-order valence-electron chi connectivity index (χ4n) is 1.31. The molecule has 0 aliphatic rings. The van der Waals surface area contributed by atoms with E-state index in [1.807, 2.05) is 0 Å². The number of anilines is 1. The Balaban J connectivity index is 2.92. The van der Waals surface area contributed by atoms with Crippen LogP contribution in [0.15, 0.2) is 18.2 Å². The Morgan fingerprint density at radius 3 is 2.53 bits per heavy atom. The zero-order valence-corrected chi connectivity index (χ0v) is 9.40. The lowest BCUT2D eigenvalue weighted by Gasteiger charge is -2.09. The lowest BCUT2D eigenvalue weighted by Crippen LogP contribution is -2.15. The third kappa shape index (κ3) is 4.45. The highest BCUT2D eigenvalue weighted by molar-refractivity contribution is 5.90. The molecule has 0 fully saturated rings. The molecule has 1 aromatic carbocycles. The molecule has 0 amide bonds. The van der Waals surface area contributed by atoms with Crippen molar-refractivity contribution >= 4 is 17.3 Å². The van der Waals surface area contributed by atoms with Crippen LogP contribution in [0.2, 0.25) is 0 Å². The number of nitro benzene ring substituents is 1. The maximum absolute atomic E-state index is 12.0. The standard InChI is InChI=1S/C10H9F3N2O4/c11-10(12,13)3-4-14-7-5-6(9(16)17)1-2-8(7)15(18)19/h1-2,5,14H,3-4H2,(H,16,17). The van der Waals surface area contributed by atoms with Gasteiger partial charge in [0.2, 0.25) is 0 Å². The van der Waals surface area contributed by atoms with E-state index in [-0.39, 0.29) is 11.3 Å². The molecular weight excluding hydrogens is 269 g/mol. The number of carboxylic acids is 1. The SMILES string of the molecule is O=C(O)c1ccc([N+](=O)[O-])c(NCCC(F)(F)F)c1. The van der Waals surface area contributed by atoms with Gasteiger partial charge in [-0.15, -0.1) is 0 Å². The third-order valence-corrected chi connectivity index (χ3v) is 2.16. The van der Waals surface area contributed by atoms with Crippen LogP contribution in [0.3, 0.4) is 0 Å². The summed E-state index contributed by atoms with van der Waals surface area (Å²) in [5.74, 6) is -1.33. The van der Waals surface area contributed by atoms with Gasteiger partial charge in [-0.1, -0.05) is 0 Å². The van der Waals surface area contributed by atoms with Crippen molar-refractivity contribution in [2.24, 2.45) is 0 Å². The minimum atomic E-state index is -4.40. The van der Waals surface area contributed by atoms with Gasteiger partial charge in [-0.3, -0.25) is 10.1 Å². The van der Waals surface area contributed by atoms with Gasteiger partial charge < -0.3 is 10.4 Å². The molecule has 2 N–H and O–H groups in total. The molecular formula is C10H9F3N2O4. The zero-order valence-electron chi connectivity index (χ0n) is 9.40. The summed E-state index contributed by atoms with van der Waals surface area (Å²) < 4.78 is 35.9. The average molecular weight is 278 g/mol. The van der Waals surface area contributed by atoms with Gasteiger partial charge in [-0.05, 0) is 12.1 Å². The number of nitrogens with one attached hydrogen (secondary N) is 1. The highest BCUT2D eigenvalue weighted by atomic mass is 19.4. The van der Waals surface area contributed by atoms with Crippen LogP contribution in [-0.2, 0) is 0 Å². The fraction of sp³-hybridized carbons (Fsp3) is 0.300. The van der Waals surface area contributed by atoms with Gasteiger partial charge in [-0.25, -0.2) is 4.79 Å². The molecule has 9 heteroatoms. The normalized spacial score (nSPS) is 11.1. The number of alkyl halides is 3. The van der Waals surface area contributed by atoms with E-state index in [0.717, 1.165) is 18.2 Å². The summed E-state index contributed by atoms with van der Waals surface area (Å²) in [4.78, 5) is 20.5. The number of hydrogen-bond acceptors (Lipinski definition) is 4. The van der Waals surface area contributed by atoms with Crippen molar-refractivity contribution in [3.63, 3.8) is 0 Å². The van der Waals surface area contributed by atoms with Gasteiger partial charge in [0.1, 0.15) is 5.69 Å². The van der Waals surface area contributed by atoms with Crippen LogP contribution in [0.4, 0.5) is 24.5 Å². The predicted octanol–water partition coefficient (Wildman–Crippen LogP) is 2.66. The summed E-state index contributed by atoms with van der Waals surface area (Å²) in [7, 11) is 0. The van der Waals surface area contributed by atoms with Gasteiger partial charge in [-0.2, -0.15) is 13.2 Å². The number of halogens is 3. The Morgan fingerprint density at radius 1 is 1.42 bits per heavy atom. The summed E-state index contributed by atoms with van der Waals surface area (Å²) in [6.07, 6.45) is -5.58. The first kappa shape index (κ1) is 14.7. The minimum Gasteiger partial charge on any atom is -0.478 e. The van der Waals surface area contributed by atoms with Gasteiger partial charge in [0.25, 0.3) is 5.69 Å². The zero-order chi connectivity index (χ0) is 14.6. The molecule has 0 heterocycles. The molecule has 0 aliphatic heterocycles. The van der Waals surface area contributed by atoms with Gasteiger partial charge in [0.15, 0.2) is 0 Å². The third-order valence-electron chi connectivity index (χ3n) is 2.16. The summed E-state index contributed by atoms with van der Waals surface area (Å²) in [5.41, 5.74) is -0.985. The molecule has 1 rings (SSSR count). The minimum absolute atomic E-state index is 0.250. The highest BCUT2D eigenvalue weighted by Gasteiger charge is 2.27. The van der Waals surface area contributed by atoms with E-state index in [0.29, 0.717) is 0 Å². The molecule has 0 saturated carbocycles. The molecule has 1 aromatic rings. The first-order valence-electron chi connectivity index (χ1n) is 5.03. The molecule has 0 atom stereocenters. The molecule has 0 saturated heterocycles. The van der Waals surface area contributed by atoms with Crippen molar-refractivity contribution in [2.75, 3.05) is 11.9 Å². The van der Waals surface area contributed by atoms with E-state index in [1.54, 1.807) is 0 Å². The van der Waals surface area contributed by atoms with Crippen LogP contribution in [0.1, 0.15) is 16.8 Å². The fourth-order valence-corrected chi connectivity index (χ4v) is 1.31. The summed E-state index contributed by atoms with van der Waals surface area (Å²) in [5, 5.41) is 21.6. The van der Waals surface area contributed by atoms with Crippen LogP contribution in [0.25, 0.3) is 0 Å². The molecule has 19 heavy (non-hydrogen) atoms. The van der Waals surface area contributed by atoms with Crippen LogP contribution >= 0.6 is 0 Å². The second kappa shape index (κ2) is 5.55. The van der Waals surface area contributed by atoms with Crippen LogP contribution in [-0.4, -0.2) is 28.7 Å². The Morgan fingerprint density at radius 2 is 2.05 bits per heavy atom. The molecule has 0 bridgehead atoms. The molecule has 0 spiro atoms. The number of benzene rings is 1. The lowest BCUT2D eigenvalue weighted by molar-refractivity contribution is -0.384. The van der Waals surface area contributed by atoms with E-state index in [2.05, 4.69) is 5.32 Å². The second-order valence-corrected chi connectivity index (χ2v) is 3.59. The number of carboxylic acid groups (broad SMARTS) is 1. The average Bonchev–Trinajstić information content (AvgIpc) is 2.26. The topological polar surface area (TPSA) is 92.5 Å². The number of rotatable bonds is 5. The van der Waals surface area contributed by atoms with Crippen LogP contribution in [0.5, 0.6) is 0 Å². The van der Waals surface area contributed by atoms with Gasteiger partial charge >= 0.3 is 12.1 Å². The van der Waals surface area contributed by atoms with Crippen molar-refractivity contribution in [3.8, 4) is 0 Å². The van der Waals surface area contributed by atoms with Crippen LogP contribution < -0.4 is 5.32 Å². The van der Waals surface area contributed by atoms with Gasteiger partial charge in [0.05, 0.1) is 16.9 Å². The number of hydrogen-bond donors (Lipinski definition) is 2. The summed E-state index contributed by atoms with van der Waals surface area (Å²) >= 11 is 0. The maximum Gasteiger partial charge on any atom is 0.390 e. The molecule has 6 nitrogen and oxygen atoms in total. The van der Waals surface area contributed by atoms with E-state index >= 15 is 0 Å². The van der Waals surface area contributed by atoms with Crippen LogP contribution in [0, 0.1) is 10.1 Å². The smallest absolute Gasteiger partial charge is 0.390 e. The van der Waals surface area contributed by atoms with Crippen molar-refractivity contribution in [1.82, 2.24) is 0 Å². The first-order chi connectivity index (χ1) is 8.70. The largest absolute Gasteiger partial charge is 0.478 e. The molecule has 0 aromatic heterocycles. The molecule has 0 aliphatic carbocycles. The number of nitrogens with zero attached hydrogens (tertiary/aromatic N) is 1.